The van der Waals surface area contributed by atoms with Gasteiger partial charge < -0.3 is 9.15 Å². The Morgan fingerprint density at radius 2 is 1.71 bits per heavy atom. The number of fused-ring (bicyclic) bond motifs is 1. The van der Waals surface area contributed by atoms with Crippen LogP contribution in [0.5, 0.6) is 5.75 Å². The van der Waals surface area contributed by atoms with Gasteiger partial charge in [0, 0.05) is 23.6 Å². The number of aryl methyl sites for hydroxylation is 1. The van der Waals surface area contributed by atoms with E-state index in [2.05, 4.69) is 21.1 Å². The summed E-state index contributed by atoms with van der Waals surface area (Å²) in [4.78, 5) is 23.6. The zero-order valence-corrected chi connectivity index (χ0v) is 17.1. The van der Waals surface area contributed by atoms with Crippen LogP contribution in [0.3, 0.4) is 0 Å². The summed E-state index contributed by atoms with van der Waals surface area (Å²) in [5.74, 6) is -0.175. The third-order valence-electron chi connectivity index (χ3n) is 4.22. The second-order valence-corrected chi connectivity index (χ2v) is 7.26. The van der Waals surface area contributed by atoms with Crippen molar-refractivity contribution in [3.8, 4) is 5.75 Å². The Morgan fingerprint density at radius 3 is 2.36 bits per heavy atom. The van der Waals surface area contributed by atoms with E-state index in [1.807, 2.05) is 31.2 Å². The second-order valence-electron chi connectivity index (χ2n) is 7.26. The molecule has 0 atom stereocenters. The molecule has 0 amide bonds. The number of quaternary nitrogens is 1. The van der Waals surface area contributed by atoms with Gasteiger partial charge in [-0.3, -0.25) is 4.48 Å². The van der Waals surface area contributed by atoms with Crippen LogP contribution >= 0.6 is 12.4 Å². The molecule has 1 heterocycles. The molecule has 0 bridgehead atoms. The summed E-state index contributed by atoms with van der Waals surface area (Å²) in [6.07, 6.45) is 3.07. The van der Waals surface area contributed by atoms with Crippen molar-refractivity contribution >= 4 is 41.1 Å². The molecule has 146 valence electrons. The highest BCUT2D eigenvalue weighted by molar-refractivity contribution is 5.89. The lowest BCUT2D eigenvalue weighted by molar-refractivity contribution is -0.128. The van der Waals surface area contributed by atoms with Crippen molar-refractivity contribution in [1.82, 2.24) is 4.48 Å². The topological polar surface area (TPSA) is 56.5 Å². The van der Waals surface area contributed by atoms with Gasteiger partial charge in [-0.05, 0) is 60.5 Å². The number of ether oxygens (including phenoxy) is 1. The van der Waals surface area contributed by atoms with E-state index in [0.29, 0.717) is 11.3 Å². The van der Waals surface area contributed by atoms with Crippen LogP contribution in [-0.2, 0) is 4.79 Å². The SMILES string of the molecule is Cc1cc(=O)oc2cc(OC(=O)/C=C/c3ccc([N+](C)(C)C)cc3)ccc12.Cl. The Balaban J connectivity index is 0.00000280. The fourth-order valence-corrected chi connectivity index (χ4v) is 2.72. The molecule has 3 aromatic rings. The van der Waals surface area contributed by atoms with Gasteiger partial charge >= 0.3 is 11.6 Å². The molecule has 5 nitrogen and oxygen atoms in total. The number of nitrogens with zero attached hydrogens (tertiary/aromatic N) is 1. The van der Waals surface area contributed by atoms with Crippen LogP contribution in [-0.4, -0.2) is 27.1 Å². The minimum absolute atomic E-state index is 0. The lowest BCUT2D eigenvalue weighted by Crippen LogP contribution is -2.34. The highest BCUT2D eigenvalue weighted by atomic mass is 35.5. The molecule has 3 rings (SSSR count). The lowest BCUT2D eigenvalue weighted by atomic mass is 10.1. The van der Waals surface area contributed by atoms with Crippen molar-refractivity contribution in [3.05, 3.63) is 76.2 Å². The van der Waals surface area contributed by atoms with Crippen LogP contribution in [0.15, 0.2) is 63.8 Å². The van der Waals surface area contributed by atoms with Gasteiger partial charge in [-0.15, -0.1) is 12.4 Å². The summed E-state index contributed by atoms with van der Waals surface area (Å²) in [7, 11) is 6.28. The summed E-state index contributed by atoms with van der Waals surface area (Å²) in [6, 6.07) is 14.4. The summed E-state index contributed by atoms with van der Waals surface area (Å²) in [5, 5.41) is 0.808. The molecule has 0 aliphatic rings. The maximum absolute atomic E-state index is 12.1. The number of halogens is 1. The normalized spacial score (nSPS) is 11.4. The van der Waals surface area contributed by atoms with Crippen molar-refractivity contribution in [3.63, 3.8) is 0 Å². The summed E-state index contributed by atoms with van der Waals surface area (Å²) in [5.41, 5.74) is 2.86. The number of carbonyl (C=O) groups is 1. The molecule has 6 heteroatoms. The lowest BCUT2D eigenvalue weighted by Gasteiger charge is -2.23. The third kappa shape index (κ3) is 5.09. The average molecular weight is 401 g/mol. The number of hydrogen-bond donors (Lipinski definition) is 0. The van der Waals surface area contributed by atoms with E-state index < -0.39 is 11.6 Å². The quantitative estimate of drug-likeness (QED) is 0.215. The van der Waals surface area contributed by atoms with Gasteiger partial charge in [0.15, 0.2) is 0 Å². The van der Waals surface area contributed by atoms with Crippen molar-refractivity contribution in [2.75, 3.05) is 21.1 Å². The standard InChI is InChI=1S/C22H22NO4.ClH/c1-15-13-22(25)27-20-14-18(10-11-19(15)20)26-21(24)12-7-16-5-8-17(9-6-16)23(2,3)4;/h5-14H,1-4H3;1H/q+1;/b12-7+;. The number of rotatable bonds is 4. The Hall–Kier alpha value is -2.89. The molecule has 0 saturated carbocycles. The Bertz CT molecular complexity index is 1080. The summed E-state index contributed by atoms with van der Waals surface area (Å²) < 4.78 is 11.2. The van der Waals surface area contributed by atoms with Crippen LogP contribution in [0.1, 0.15) is 11.1 Å². The predicted molar refractivity (Wildman–Crippen MR) is 115 cm³/mol. The molecule has 2 aromatic carbocycles. The number of benzene rings is 2. The van der Waals surface area contributed by atoms with Crippen molar-refractivity contribution in [2.24, 2.45) is 0 Å². The number of carbonyl (C=O) groups excluding carboxylic acids is 1. The molecular formula is C22H23ClNO4+. The fraction of sp³-hybridized carbons (Fsp3) is 0.182. The van der Waals surface area contributed by atoms with E-state index in [9.17, 15) is 9.59 Å². The van der Waals surface area contributed by atoms with Crippen molar-refractivity contribution < 1.29 is 13.9 Å². The van der Waals surface area contributed by atoms with Gasteiger partial charge in [0.1, 0.15) is 17.0 Å². The predicted octanol–water partition coefficient (Wildman–Crippen LogP) is 4.34. The van der Waals surface area contributed by atoms with E-state index in [0.717, 1.165) is 21.0 Å². The minimum atomic E-state index is -0.500. The highest BCUT2D eigenvalue weighted by Gasteiger charge is 2.11. The number of hydrogen-bond acceptors (Lipinski definition) is 4. The van der Waals surface area contributed by atoms with E-state index in [1.165, 1.54) is 17.8 Å². The number of esters is 1. The average Bonchev–Trinajstić information content (AvgIpc) is 2.59. The van der Waals surface area contributed by atoms with Gasteiger partial charge in [-0.1, -0.05) is 0 Å². The Kier molecular flexibility index (Phi) is 6.44. The third-order valence-corrected chi connectivity index (χ3v) is 4.22. The first kappa shape index (κ1) is 21.4. The molecule has 0 N–H and O–H groups in total. The van der Waals surface area contributed by atoms with E-state index in [-0.39, 0.29) is 12.4 Å². The van der Waals surface area contributed by atoms with Gasteiger partial charge in [0.05, 0.1) is 21.1 Å². The first-order chi connectivity index (χ1) is 12.7. The van der Waals surface area contributed by atoms with Crippen LogP contribution in [0.25, 0.3) is 17.0 Å². The van der Waals surface area contributed by atoms with Gasteiger partial charge in [0.2, 0.25) is 0 Å². The zero-order chi connectivity index (χ0) is 19.6. The Labute approximate surface area is 169 Å². The first-order valence-corrected chi connectivity index (χ1v) is 8.59. The monoisotopic (exact) mass is 400 g/mol. The van der Waals surface area contributed by atoms with Crippen molar-refractivity contribution in [1.29, 1.82) is 0 Å². The first-order valence-electron chi connectivity index (χ1n) is 8.59. The Morgan fingerprint density at radius 1 is 1.04 bits per heavy atom. The molecule has 0 radical (unpaired) electrons. The molecule has 0 saturated heterocycles. The molecule has 0 aliphatic heterocycles. The van der Waals surface area contributed by atoms with Gasteiger partial charge in [0.25, 0.3) is 0 Å². The van der Waals surface area contributed by atoms with E-state index in [4.69, 9.17) is 9.15 Å². The summed E-state index contributed by atoms with van der Waals surface area (Å²) >= 11 is 0. The summed E-state index contributed by atoms with van der Waals surface area (Å²) in [6.45, 7) is 1.83. The van der Waals surface area contributed by atoms with Crippen LogP contribution < -0.4 is 14.8 Å². The largest absolute Gasteiger partial charge is 0.423 e. The smallest absolute Gasteiger partial charge is 0.336 e. The van der Waals surface area contributed by atoms with E-state index >= 15 is 0 Å². The zero-order valence-electron chi connectivity index (χ0n) is 16.3. The molecular weight excluding hydrogens is 378 g/mol. The second kappa shape index (κ2) is 8.42. The van der Waals surface area contributed by atoms with Gasteiger partial charge in [-0.25, -0.2) is 9.59 Å². The molecule has 0 fully saturated rings. The fourth-order valence-electron chi connectivity index (χ4n) is 2.72. The van der Waals surface area contributed by atoms with Crippen molar-refractivity contribution in [2.45, 2.75) is 6.92 Å². The molecule has 28 heavy (non-hydrogen) atoms. The van der Waals surface area contributed by atoms with Crippen LogP contribution in [0.2, 0.25) is 0 Å². The van der Waals surface area contributed by atoms with E-state index in [1.54, 1.807) is 24.3 Å². The maximum Gasteiger partial charge on any atom is 0.336 e. The molecule has 1 aromatic heterocycles. The van der Waals surface area contributed by atoms with Gasteiger partial charge in [-0.2, -0.15) is 0 Å². The minimum Gasteiger partial charge on any atom is -0.423 e. The van der Waals surface area contributed by atoms with Crippen LogP contribution in [0, 0.1) is 6.92 Å². The maximum atomic E-state index is 12.1. The molecule has 0 spiro atoms. The molecule has 0 unspecified atom stereocenters. The highest BCUT2D eigenvalue weighted by Crippen LogP contribution is 2.22. The van der Waals surface area contributed by atoms with Crippen LogP contribution in [0.4, 0.5) is 5.69 Å². The molecule has 0 aliphatic carbocycles.